The maximum atomic E-state index is 12.3. The average molecular weight is 374 g/mol. The monoisotopic (exact) mass is 374 g/mol. The number of carbonyl (C=O) groups excluding carboxylic acids is 1. The predicted molar refractivity (Wildman–Crippen MR) is 104 cm³/mol. The third-order valence-electron chi connectivity index (χ3n) is 4.27. The van der Waals surface area contributed by atoms with Gasteiger partial charge in [-0.15, -0.1) is 0 Å². The number of aryl methyl sites for hydroxylation is 1. The molecular formula is C20H18N6O2. The Kier molecular flexibility index (Phi) is 4.92. The molecule has 3 aromatic heterocycles. The Morgan fingerprint density at radius 3 is 2.71 bits per heavy atom. The fraction of sp³-hybridized carbons (Fsp3) is 0.150. The van der Waals surface area contributed by atoms with Gasteiger partial charge in [-0.3, -0.25) is 14.6 Å². The van der Waals surface area contributed by atoms with E-state index >= 15 is 0 Å². The van der Waals surface area contributed by atoms with E-state index in [4.69, 9.17) is 0 Å². The minimum Gasteiger partial charge on any atom is -0.350 e. The molecule has 0 fully saturated rings. The second-order valence-corrected chi connectivity index (χ2v) is 6.24. The second kappa shape index (κ2) is 7.83. The molecule has 0 saturated carbocycles. The van der Waals surface area contributed by atoms with Crippen molar-refractivity contribution in [3.8, 4) is 5.69 Å². The van der Waals surface area contributed by atoms with Crippen molar-refractivity contribution in [1.29, 1.82) is 0 Å². The molecule has 0 spiro atoms. The van der Waals surface area contributed by atoms with Crippen LogP contribution in [0.1, 0.15) is 17.9 Å². The molecule has 0 saturated heterocycles. The van der Waals surface area contributed by atoms with E-state index in [9.17, 15) is 9.59 Å². The fourth-order valence-corrected chi connectivity index (χ4v) is 2.85. The van der Waals surface area contributed by atoms with Gasteiger partial charge in [0.2, 0.25) is 5.91 Å². The average Bonchev–Trinajstić information content (AvgIpc) is 3.17. The lowest BCUT2D eigenvalue weighted by molar-refractivity contribution is -0.121. The van der Waals surface area contributed by atoms with Crippen molar-refractivity contribution in [3.05, 3.63) is 82.8 Å². The minimum absolute atomic E-state index is 0.134. The number of hydrogen-bond donors (Lipinski definition) is 2. The highest BCUT2D eigenvalue weighted by Gasteiger charge is 2.12. The van der Waals surface area contributed by atoms with Crippen molar-refractivity contribution in [1.82, 2.24) is 30.0 Å². The zero-order chi connectivity index (χ0) is 19.3. The normalized spacial score (nSPS) is 10.9. The van der Waals surface area contributed by atoms with E-state index in [1.54, 1.807) is 10.9 Å². The first-order valence-electron chi connectivity index (χ1n) is 8.89. The SMILES string of the molecule is O=C(CCc1nc2c(cnn2-c2ccccc2)c(=O)[nH]1)NCc1ccccn1. The number of carbonyl (C=O) groups is 1. The van der Waals surface area contributed by atoms with Gasteiger partial charge in [0.15, 0.2) is 5.65 Å². The summed E-state index contributed by atoms with van der Waals surface area (Å²) in [5.41, 5.74) is 1.81. The highest BCUT2D eigenvalue weighted by Crippen LogP contribution is 2.13. The highest BCUT2D eigenvalue weighted by molar-refractivity contribution is 5.77. The Morgan fingerprint density at radius 2 is 1.93 bits per heavy atom. The van der Waals surface area contributed by atoms with Crippen LogP contribution in [0.15, 0.2) is 65.7 Å². The molecule has 8 nitrogen and oxygen atoms in total. The molecule has 4 aromatic rings. The molecule has 0 aliphatic carbocycles. The van der Waals surface area contributed by atoms with Crippen LogP contribution in [0.25, 0.3) is 16.7 Å². The van der Waals surface area contributed by atoms with Gasteiger partial charge in [0, 0.05) is 19.0 Å². The summed E-state index contributed by atoms with van der Waals surface area (Å²) in [7, 11) is 0. The van der Waals surface area contributed by atoms with Gasteiger partial charge >= 0.3 is 0 Å². The van der Waals surface area contributed by atoms with Crippen molar-refractivity contribution >= 4 is 16.9 Å². The van der Waals surface area contributed by atoms with Gasteiger partial charge in [-0.25, -0.2) is 9.67 Å². The number of nitrogens with zero attached hydrogens (tertiary/aromatic N) is 4. The fourth-order valence-electron chi connectivity index (χ4n) is 2.85. The van der Waals surface area contributed by atoms with E-state index in [0.29, 0.717) is 29.8 Å². The molecular weight excluding hydrogens is 356 g/mol. The van der Waals surface area contributed by atoms with Gasteiger partial charge in [-0.05, 0) is 24.3 Å². The first-order valence-corrected chi connectivity index (χ1v) is 8.89. The predicted octanol–water partition coefficient (Wildman–Crippen LogP) is 1.75. The molecule has 1 amide bonds. The molecule has 1 aromatic carbocycles. The van der Waals surface area contributed by atoms with Crippen LogP contribution in [-0.2, 0) is 17.8 Å². The van der Waals surface area contributed by atoms with Crippen LogP contribution in [0.2, 0.25) is 0 Å². The number of fused-ring (bicyclic) bond motifs is 1. The topological polar surface area (TPSA) is 106 Å². The number of aromatic nitrogens is 5. The summed E-state index contributed by atoms with van der Waals surface area (Å²) < 4.78 is 1.62. The molecule has 140 valence electrons. The first-order chi connectivity index (χ1) is 13.7. The standard InChI is InChI=1S/C20H18N6O2/c27-18(22-12-14-6-4-5-11-21-14)10-9-17-24-19-16(20(28)25-17)13-23-26(19)15-7-2-1-3-8-15/h1-8,11,13H,9-10,12H2,(H,22,27)(H,24,25,28). The molecule has 8 heteroatoms. The lowest BCUT2D eigenvalue weighted by atomic mass is 10.2. The molecule has 0 atom stereocenters. The Labute approximate surface area is 160 Å². The van der Waals surface area contributed by atoms with Crippen molar-refractivity contribution in [2.24, 2.45) is 0 Å². The minimum atomic E-state index is -0.268. The van der Waals surface area contributed by atoms with E-state index in [1.807, 2.05) is 48.5 Å². The number of H-pyrrole nitrogens is 1. The van der Waals surface area contributed by atoms with Crippen LogP contribution in [0.3, 0.4) is 0 Å². The maximum absolute atomic E-state index is 12.3. The maximum Gasteiger partial charge on any atom is 0.262 e. The molecule has 0 aliphatic rings. The van der Waals surface area contributed by atoms with E-state index in [2.05, 4.69) is 25.4 Å². The smallest absolute Gasteiger partial charge is 0.262 e. The van der Waals surface area contributed by atoms with Crippen LogP contribution in [0.4, 0.5) is 0 Å². The van der Waals surface area contributed by atoms with Gasteiger partial charge in [-0.1, -0.05) is 24.3 Å². The number of aromatic amines is 1. The van der Waals surface area contributed by atoms with Gasteiger partial charge in [0.05, 0.1) is 24.1 Å². The lowest BCUT2D eigenvalue weighted by Gasteiger charge is -2.06. The Bertz CT molecular complexity index is 1150. The Morgan fingerprint density at radius 1 is 1.11 bits per heavy atom. The van der Waals surface area contributed by atoms with Crippen molar-refractivity contribution in [2.45, 2.75) is 19.4 Å². The lowest BCUT2D eigenvalue weighted by Crippen LogP contribution is -2.24. The summed E-state index contributed by atoms with van der Waals surface area (Å²) in [4.78, 5) is 35.9. The Balaban J connectivity index is 1.48. The first kappa shape index (κ1) is 17.6. The molecule has 3 heterocycles. The largest absolute Gasteiger partial charge is 0.350 e. The second-order valence-electron chi connectivity index (χ2n) is 6.24. The quantitative estimate of drug-likeness (QED) is 0.535. The summed E-state index contributed by atoms with van der Waals surface area (Å²) >= 11 is 0. The number of rotatable bonds is 6. The summed E-state index contributed by atoms with van der Waals surface area (Å²) in [6.45, 7) is 0.365. The molecule has 0 unspecified atom stereocenters. The zero-order valence-corrected chi connectivity index (χ0v) is 15.0. The van der Waals surface area contributed by atoms with Gasteiger partial charge < -0.3 is 10.3 Å². The zero-order valence-electron chi connectivity index (χ0n) is 15.0. The highest BCUT2D eigenvalue weighted by atomic mass is 16.1. The summed E-state index contributed by atoms with van der Waals surface area (Å²) in [5, 5.41) is 7.50. The third kappa shape index (κ3) is 3.80. The molecule has 28 heavy (non-hydrogen) atoms. The van der Waals surface area contributed by atoms with Crippen LogP contribution in [-0.4, -0.2) is 30.6 Å². The summed E-state index contributed by atoms with van der Waals surface area (Å²) in [6, 6.07) is 15.0. The molecule has 4 rings (SSSR count). The Hall–Kier alpha value is -3.81. The van der Waals surface area contributed by atoms with Gasteiger partial charge in [0.25, 0.3) is 5.56 Å². The summed E-state index contributed by atoms with van der Waals surface area (Å²) in [5.74, 6) is 0.313. The molecule has 0 radical (unpaired) electrons. The van der Waals surface area contributed by atoms with E-state index in [0.717, 1.165) is 11.4 Å². The van der Waals surface area contributed by atoms with Crippen LogP contribution in [0, 0.1) is 0 Å². The van der Waals surface area contributed by atoms with Gasteiger partial charge in [0.1, 0.15) is 11.2 Å². The number of para-hydroxylation sites is 1. The van der Waals surface area contributed by atoms with E-state index in [1.165, 1.54) is 6.20 Å². The molecule has 0 aliphatic heterocycles. The van der Waals surface area contributed by atoms with Crippen molar-refractivity contribution < 1.29 is 4.79 Å². The molecule has 2 N–H and O–H groups in total. The van der Waals surface area contributed by atoms with Crippen molar-refractivity contribution in [3.63, 3.8) is 0 Å². The number of hydrogen-bond acceptors (Lipinski definition) is 5. The van der Waals surface area contributed by atoms with E-state index < -0.39 is 0 Å². The van der Waals surface area contributed by atoms with Crippen LogP contribution in [0.5, 0.6) is 0 Å². The number of benzene rings is 1. The van der Waals surface area contributed by atoms with Crippen LogP contribution >= 0.6 is 0 Å². The molecule has 0 bridgehead atoms. The number of amides is 1. The number of pyridine rings is 1. The third-order valence-corrected chi connectivity index (χ3v) is 4.27. The van der Waals surface area contributed by atoms with Gasteiger partial charge in [-0.2, -0.15) is 5.10 Å². The van der Waals surface area contributed by atoms with Crippen LogP contribution < -0.4 is 10.9 Å². The van der Waals surface area contributed by atoms with Crippen molar-refractivity contribution in [2.75, 3.05) is 0 Å². The van der Waals surface area contributed by atoms with E-state index in [-0.39, 0.29) is 17.9 Å². The summed E-state index contributed by atoms with van der Waals surface area (Å²) in [6.07, 6.45) is 3.71. The number of nitrogens with one attached hydrogen (secondary N) is 2.